The largest absolute Gasteiger partial charge is 0.384 e. The van der Waals surface area contributed by atoms with Crippen molar-refractivity contribution in [1.82, 2.24) is 9.88 Å². The summed E-state index contributed by atoms with van der Waals surface area (Å²) in [6.07, 6.45) is 0. The molecule has 0 amide bonds. The Morgan fingerprint density at radius 2 is 2.12 bits per heavy atom. The molecular weight excluding hydrogens is 246 g/mol. The molecule has 4 nitrogen and oxygen atoms in total. The van der Waals surface area contributed by atoms with Crippen LogP contribution in [-0.4, -0.2) is 38.7 Å². The molecule has 1 aliphatic rings. The van der Waals surface area contributed by atoms with Crippen molar-refractivity contribution in [2.75, 3.05) is 30.3 Å². The first kappa shape index (κ1) is 11.8. The maximum absolute atomic E-state index is 11.2. The van der Waals surface area contributed by atoms with Gasteiger partial charge in [-0.1, -0.05) is 11.6 Å². The molecule has 1 aromatic rings. The first-order valence-corrected chi connectivity index (χ1v) is 7.00. The molecule has 2 rings (SSSR count). The number of aromatic nitrogens is 1. The van der Waals surface area contributed by atoms with Crippen molar-refractivity contribution in [3.8, 4) is 0 Å². The summed E-state index contributed by atoms with van der Waals surface area (Å²) in [5.41, 5.74) is 6.42. The molecule has 16 heavy (non-hydrogen) atoms. The lowest BCUT2D eigenvalue weighted by Crippen LogP contribution is -2.37. The van der Waals surface area contributed by atoms with Gasteiger partial charge in [0.2, 0.25) is 0 Å². The van der Waals surface area contributed by atoms with Crippen LogP contribution >= 0.6 is 11.6 Å². The fraction of sp³-hybridized carbons (Fsp3) is 0.500. The minimum Gasteiger partial charge on any atom is -0.384 e. The number of nitrogen functional groups attached to an aromatic ring is 1. The fourth-order valence-corrected chi connectivity index (χ4v) is 2.95. The molecular formula is C10H14ClN3OS. The van der Waals surface area contributed by atoms with Crippen molar-refractivity contribution >= 4 is 28.2 Å². The molecule has 2 N–H and O–H groups in total. The summed E-state index contributed by atoms with van der Waals surface area (Å²) < 4.78 is 11.2. The maximum atomic E-state index is 11.2. The third-order valence-electron chi connectivity index (χ3n) is 2.58. The van der Waals surface area contributed by atoms with E-state index in [9.17, 15) is 4.21 Å². The van der Waals surface area contributed by atoms with E-state index in [0.717, 1.165) is 30.3 Å². The van der Waals surface area contributed by atoms with Crippen LogP contribution in [0.2, 0.25) is 5.02 Å². The summed E-state index contributed by atoms with van der Waals surface area (Å²) in [4.78, 5) is 6.42. The van der Waals surface area contributed by atoms with Gasteiger partial charge in [-0.2, -0.15) is 0 Å². The Bertz CT molecular complexity index is 403. The third kappa shape index (κ3) is 2.93. The summed E-state index contributed by atoms with van der Waals surface area (Å²) in [7, 11) is -0.648. The number of hydrogen-bond donors (Lipinski definition) is 1. The van der Waals surface area contributed by atoms with Crippen LogP contribution in [0.15, 0.2) is 12.1 Å². The minimum absolute atomic E-state index is 0.486. The second-order valence-corrected chi connectivity index (χ2v) is 5.89. The monoisotopic (exact) mass is 259 g/mol. The number of nitrogens with zero attached hydrogens (tertiary/aromatic N) is 2. The van der Waals surface area contributed by atoms with Crippen LogP contribution in [0.1, 0.15) is 5.69 Å². The van der Waals surface area contributed by atoms with Gasteiger partial charge in [0.15, 0.2) is 0 Å². The van der Waals surface area contributed by atoms with E-state index >= 15 is 0 Å². The van der Waals surface area contributed by atoms with Gasteiger partial charge in [0.05, 0.1) is 10.7 Å². The molecule has 6 heteroatoms. The van der Waals surface area contributed by atoms with Crippen LogP contribution in [0.3, 0.4) is 0 Å². The number of halogens is 1. The number of hydrogen-bond acceptors (Lipinski definition) is 4. The normalized spacial score (nSPS) is 18.8. The van der Waals surface area contributed by atoms with Crippen LogP contribution in [-0.2, 0) is 17.3 Å². The summed E-state index contributed by atoms with van der Waals surface area (Å²) >= 11 is 6.04. The van der Waals surface area contributed by atoms with Gasteiger partial charge in [-0.05, 0) is 12.1 Å². The topological polar surface area (TPSA) is 59.2 Å². The van der Waals surface area contributed by atoms with Crippen LogP contribution in [0.5, 0.6) is 0 Å². The van der Waals surface area contributed by atoms with Gasteiger partial charge < -0.3 is 5.73 Å². The summed E-state index contributed by atoms with van der Waals surface area (Å²) in [6.45, 7) is 2.35. The predicted octanol–water partition coefficient (Wildman–Crippen LogP) is 0.881. The molecule has 88 valence electrons. The maximum Gasteiger partial charge on any atom is 0.123 e. The number of nitrogens with two attached hydrogens (primary N) is 1. The van der Waals surface area contributed by atoms with Crippen molar-refractivity contribution in [2.24, 2.45) is 0 Å². The lowest BCUT2D eigenvalue weighted by Gasteiger charge is -2.25. The molecule has 1 aliphatic heterocycles. The first-order chi connectivity index (χ1) is 7.65. The highest BCUT2D eigenvalue weighted by molar-refractivity contribution is 7.85. The van der Waals surface area contributed by atoms with Crippen molar-refractivity contribution in [3.63, 3.8) is 0 Å². The zero-order valence-electron chi connectivity index (χ0n) is 8.86. The zero-order chi connectivity index (χ0) is 11.5. The quantitative estimate of drug-likeness (QED) is 0.857. The molecule has 1 aromatic heterocycles. The van der Waals surface area contributed by atoms with Crippen molar-refractivity contribution < 1.29 is 4.21 Å². The lowest BCUT2D eigenvalue weighted by atomic mass is 10.3. The Hall–Kier alpha value is -0.650. The van der Waals surface area contributed by atoms with Gasteiger partial charge in [-0.15, -0.1) is 0 Å². The molecule has 1 saturated heterocycles. The van der Waals surface area contributed by atoms with Gasteiger partial charge in [-0.3, -0.25) is 9.11 Å². The second kappa shape index (κ2) is 5.12. The zero-order valence-corrected chi connectivity index (χ0v) is 10.4. The minimum atomic E-state index is -0.648. The molecule has 0 aliphatic carbocycles. The molecule has 0 aromatic carbocycles. The summed E-state index contributed by atoms with van der Waals surface area (Å²) in [5, 5.41) is 0.640. The standard InChI is InChI=1S/C10H14ClN3OS/c11-8-1-2-10(12)13-9(8)7-14-3-5-16(15)6-4-14/h1-2H,3-7H2,(H2,12,13). The van der Waals surface area contributed by atoms with Gasteiger partial charge in [0.25, 0.3) is 0 Å². The van der Waals surface area contributed by atoms with Crippen molar-refractivity contribution in [3.05, 3.63) is 22.8 Å². The average molecular weight is 260 g/mol. The van der Waals surface area contributed by atoms with E-state index in [1.165, 1.54) is 0 Å². The van der Waals surface area contributed by atoms with E-state index < -0.39 is 10.8 Å². The Balaban J connectivity index is 2.03. The van der Waals surface area contributed by atoms with Gasteiger partial charge in [0.1, 0.15) is 5.82 Å². The Morgan fingerprint density at radius 3 is 2.81 bits per heavy atom. The van der Waals surface area contributed by atoms with Crippen LogP contribution in [0.4, 0.5) is 5.82 Å². The average Bonchev–Trinajstić information content (AvgIpc) is 2.27. The van der Waals surface area contributed by atoms with Crippen molar-refractivity contribution in [2.45, 2.75) is 6.54 Å². The summed E-state index contributed by atoms with van der Waals surface area (Å²) in [5.74, 6) is 1.96. The van der Waals surface area contributed by atoms with Crippen LogP contribution in [0, 0.1) is 0 Å². The van der Waals surface area contributed by atoms with Gasteiger partial charge in [-0.25, -0.2) is 4.98 Å². The highest BCUT2D eigenvalue weighted by atomic mass is 35.5. The third-order valence-corrected chi connectivity index (χ3v) is 4.20. The Kier molecular flexibility index (Phi) is 3.78. The van der Waals surface area contributed by atoms with Crippen molar-refractivity contribution in [1.29, 1.82) is 0 Å². The van der Waals surface area contributed by atoms with Gasteiger partial charge in [0, 0.05) is 41.9 Å². The van der Waals surface area contributed by atoms with Crippen LogP contribution in [0.25, 0.3) is 0 Å². The Morgan fingerprint density at radius 1 is 1.44 bits per heavy atom. The highest BCUT2D eigenvalue weighted by Crippen LogP contribution is 2.17. The van der Waals surface area contributed by atoms with Gasteiger partial charge >= 0.3 is 0 Å². The molecule has 0 unspecified atom stereocenters. The molecule has 0 bridgehead atoms. The molecule has 0 radical (unpaired) electrons. The molecule has 1 fully saturated rings. The number of pyridine rings is 1. The highest BCUT2D eigenvalue weighted by Gasteiger charge is 2.16. The SMILES string of the molecule is Nc1ccc(Cl)c(CN2CCS(=O)CC2)n1. The molecule has 2 heterocycles. The number of rotatable bonds is 2. The van der Waals surface area contributed by atoms with E-state index in [1.54, 1.807) is 12.1 Å². The second-order valence-electron chi connectivity index (χ2n) is 3.79. The van der Waals surface area contributed by atoms with E-state index in [1.807, 2.05) is 0 Å². The Labute approximate surface area is 102 Å². The summed E-state index contributed by atoms with van der Waals surface area (Å²) in [6, 6.07) is 3.46. The number of anilines is 1. The fourth-order valence-electron chi connectivity index (χ4n) is 1.66. The first-order valence-electron chi connectivity index (χ1n) is 5.13. The molecule has 0 atom stereocenters. The van der Waals surface area contributed by atoms with E-state index in [2.05, 4.69) is 9.88 Å². The van der Waals surface area contributed by atoms with E-state index in [-0.39, 0.29) is 0 Å². The molecule has 0 saturated carbocycles. The smallest absolute Gasteiger partial charge is 0.123 e. The lowest BCUT2D eigenvalue weighted by molar-refractivity contribution is 0.288. The molecule has 0 spiro atoms. The van der Waals surface area contributed by atoms with Crippen LogP contribution < -0.4 is 5.73 Å². The predicted molar refractivity (Wildman–Crippen MR) is 66.8 cm³/mol. The van der Waals surface area contributed by atoms with E-state index in [4.69, 9.17) is 17.3 Å². The van der Waals surface area contributed by atoms with E-state index in [0.29, 0.717) is 17.4 Å².